The lowest BCUT2D eigenvalue weighted by molar-refractivity contribution is 0.122. The maximum Gasteiger partial charge on any atom is 0.323 e. The fourth-order valence-corrected chi connectivity index (χ4v) is 1.81. The van der Waals surface area contributed by atoms with E-state index in [0.717, 1.165) is 19.5 Å². The third-order valence-electron chi connectivity index (χ3n) is 3.05. The zero-order valence-electron chi connectivity index (χ0n) is 12.4. The number of hydrogen-bond donors (Lipinski definition) is 1. The third kappa shape index (κ3) is 4.19. The summed E-state index contributed by atoms with van der Waals surface area (Å²) in [6.07, 6.45) is 0.980. The summed E-state index contributed by atoms with van der Waals surface area (Å²) in [5.74, 6) is 1.77. The van der Waals surface area contributed by atoms with Gasteiger partial charge in [-0.1, -0.05) is 13.8 Å². The van der Waals surface area contributed by atoms with Gasteiger partial charge in [-0.05, 0) is 12.3 Å². The average molecular weight is 281 g/mol. The molecular formula is C13H23N5O2. The molecule has 1 aliphatic heterocycles. The monoisotopic (exact) mass is 281 g/mol. The zero-order chi connectivity index (χ0) is 14.4. The van der Waals surface area contributed by atoms with E-state index in [4.69, 9.17) is 9.47 Å². The first-order valence-corrected chi connectivity index (χ1v) is 7.08. The summed E-state index contributed by atoms with van der Waals surface area (Å²) >= 11 is 0. The smallest absolute Gasteiger partial charge is 0.323 e. The topological polar surface area (TPSA) is 72.4 Å². The maximum atomic E-state index is 5.63. The van der Waals surface area contributed by atoms with Crippen LogP contribution >= 0.6 is 0 Å². The van der Waals surface area contributed by atoms with E-state index < -0.39 is 0 Å². The van der Waals surface area contributed by atoms with E-state index in [-0.39, 0.29) is 0 Å². The van der Waals surface area contributed by atoms with Crippen LogP contribution in [0.3, 0.4) is 0 Å². The highest BCUT2D eigenvalue weighted by molar-refractivity contribution is 5.38. The lowest BCUT2D eigenvalue weighted by Crippen LogP contribution is -2.37. The van der Waals surface area contributed by atoms with Crippen LogP contribution in [0.4, 0.5) is 11.9 Å². The molecule has 7 heteroatoms. The lowest BCUT2D eigenvalue weighted by Gasteiger charge is -2.26. The molecular weight excluding hydrogens is 258 g/mol. The molecule has 2 rings (SSSR count). The van der Waals surface area contributed by atoms with Crippen molar-refractivity contribution in [3.63, 3.8) is 0 Å². The summed E-state index contributed by atoms with van der Waals surface area (Å²) < 4.78 is 11.0. The van der Waals surface area contributed by atoms with Crippen molar-refractivity contribution in [1.29, 1.82) is 0 Å². The van der Waals surface area contributed by atoms with Gasteiger partial charge in [0.15, 0.2) is 0 Å². The molecule has 112 valence electrons. The van der Waals surface area contributed by atoms with E-state index >= 15 is 0 Å². The zero-order valence-corrected chi connectivity index (χ0v) is 12.4. The minimum absolute atomic E-state index is 0.381. The molecule has 0 spiro atoms. The number of ether oxygens (including phenoxy) is 2. The molecule has 7 nitrogen and oxygen atoms in total. The van der Waals surface area contributed by atoms with Gasteiger partial charge in [0.1, 0.15) is 0 Å². The largest absolute Gasteiger partial charge is 0.463 e. The van der Waals surface area contributed by atoms with Crippen molar-refractivity contribution in [3.05, 3.63) is 0 Å². The van der Waals surface area contributed by atoms with E-state index in [0.29, 0.717) is 43.6 Å². The minimum atomic E-state index is 0.381. The molecule has 1 saturated heterocycles. The van der Waals surface area contributed by atoms with Crippen LogP contribution in [-0.2, 0) is 4.74 Å². The molecule has 0 unspecified atom stereocenters. The van der Waals surface area contributed by atoms with Gasteiger partial charge < -0.3 is 19.7 Å². The van der Waals surface area contributed by atoms with Crippen LogP contribution in [0.5, 0.6) is 6.01 Å². The molecule has 0 saturated carbocycles. The first kappa shape index (κ1) is 14.8. The number of rotatable bonds is 6. The second-order valence-corrected chi connectivity index (χ2v) is 5.12. The van der Waals surface area contributed by atoms with Gasteiger partial charge in [-0.15, -0.1) is 0 Å². The van der Waals surface area contributed by atoms with Crippen LogP contribution < -0.4 is 15.0 Å². The van der Waals surface area contributed by atoms with Gasteiger partial charge in [0, 0.05) is 20.1 Å². The fraction of sp³-hybridized carbons (Fsp3) is 0.769. The van der Waals surface area contributed by atoms with Gasteiger partial charge in [0.2, 0.25) is 11.9 Å². The standard InChI is InChI=1S/C13H23N5O2/c1-10(2)4-7-20-13-16-11(14-3)15-12(17-13)18-5-8-19-9-6-18/h10H,4-9H2,1-3H3,(H,14,15,16,17). The Bertz CT molecular complexity index is 421. The molecule has 0 bridgehead atoms. The predicted molar refractivity (Wildman–Crippen MR) is 77.4 cm³/mol. The molecule has 20 heavy (non-hydrogen) atoms. The first-order chi connectivity index (χ1) is 9.69. The highest BCUT2D eigenvalue weighted by Gasteiger charge is 2.16. The Morgan fingerprint density at radius 1 is 1.25 bits per heavy atom. The molecule has 1 aliphatic rings. The van der Waals surface area contributed by atoms with Gasteiger partial charge in [-0.3, -0.25) is 0 Å². The Morgan fingerprint density at radius 3 is 2.65 bits per heavy atom. The van der Waals surface area contributed by atoms with Gasteiger partial charge in [-0.2, -0.15) is 15.0 Å². The number of aromatic nitrogens is 3. The molecule has 0 aliphatic carbocycles. The molecule has 1 aromatic rings. The van der Waals surface area contributed by atoms with Crippen molar-refractivity contribution in [2.75, 3.05) is 50.2 Å². The second-order valence-electron chi connectivity index (χ2n) is 5.12. The highest BCUT2D eigenvalue weighted by atomic mass is 16.5. The molecule has 2 heterocycles. The summed E-state index contributed by atoms with van der Waals surface area (Å²) in [6, 6.07) is 0.381. The number of hydrogen-bond acceptors (Lipinski definition) is 7. The van der Waals surface area contributed by atoms with Crippen molar-refractivity contribution < 1.29 is 9.47 Å². The predicted octanol–water partition coefficient (Wildman–Crippen LogP) is 1.17. The fourth-order valence-electron chi connectivity index (χ4n) is 1.81. The van der Waals surface area contributed by atoms with Gasteiger partial charge in [0.25, 0.3) is 0 Å². The normalized spacial score (nSPS) is 15.5. The van der Waals surface area contributed by atoms with Crippen LogP contribution in [0.15, 0.2) is 0 Å². The van der Waals surface area contributed by atoms with Crippen LogP contribution in [0.25, 0.3) is 0 Å². The highest BCUT2D eigenvalue weighted by Crippen LogP contribution is 2.16. The average Bonchev–Trinajstić information content (AvgIpc) is 2.47. The second kappa shape index (κ2) is 7.23. The number of anilines is 2. The van der Waals surface area contributed by atoms with Gasteiger partial charge in [-0.25, -0.2) is 0 Å². The summed E-state index contributed by atoms with van der Waals surface area (Å²) in [5.41, 5.74) is 0. The van der Waals surface area contributed by atoms with Crippen LogP contribution in [0.2, 0.25) is 0 Å². The van der Waals surface area contributed by atoms with Gasteiger partial charge in [0.05, 0.1) is 19.8 Å². The van der Waals surface area contributed by atoms with Crippen molar-refractivity contribution in [3.8, 4) is 6.01 Å². The minimum Gasteiger partial charge on any atom is -0.463 e. The molecule has 0 amide bonds. The quantitative estimate of drug-likeness (QED) is 0.839. The lowest BCUT2D eigenvalue weighted by atomic mass is 10.1. The number of morpholine rings is 1. The van der Waals surface area contributed by atoms with Crippen LogP contribution in [0.1, 0.15) is 20.3 Å². The molecule has 0 atom stereocenters. The molecule has 1 aromatic heterocycles. The van der Waals surface area contributed by atoms with E-state index in [2.05, 4.69) is 39.0 Å². The summed E-state index contributed by atoms with van der Waals surface area (Å²) in [6.45, 7) is 7.92. The third-order valence-corrected chi connectivity index (χ3v) is 3.05. The SMILES string of the molecule is CNc1nc(OCCC(C)C)nc(N2CCOCC2)n1. The van der Waals surface area contributed by atoms with E-state index in [9.17, 15) is 0 Å². The summed E-state index contributed by atoms with van der Waals surface area (Å²) in [4.78, 5) is 15.1. The van der Waals surface area contributed by atoms with Crippen molar-refractivity contribution in [2.24, 2.45) is 5.92 Å². The Kier molecular flexibility index (Phi) is 5.34. The van der Waals surface area contributed by atoms with Gasteiger partial charge >= 0.3 is 6.01 Å². The van der Waals surface area contributed by atoms with Crippen molar-refractivity contribution in [2.45, 2.75) is 20.3 Å². The molecule has 1 fully saturated rings. The first-order valence-electron chi connectivity index (χ1n) is 7.08. The Labute approximate surface area is 119 Å². The number of nitrogens with zero attached hydrogens (tertiary/aromatic N) is 4. The Morgan fingerprint density at radius 2 is 2.00 bits per heavy atom. The van der Waals surface area contributed by atoms with E-state index in [1.165, 1.54) is 0 Å². The molecule has 0 radical (unpaired) electrons. The number of nitrogens with one attached hydrogen (secondary N) is 1. The maximum absolute atomic E-state index is 5.63. The Balaban J connectivity index is 2.06. The molecule has 1 N–H and O–H groups in total. The summed E-state index contributed by atoms with van der Waals surface area (Å²) in [5, 5.41) is 2.95. The molecule has 0 aromatic carbocycles. The Hall–Kier alpha value is -1.63. The van der Waals surface area contributed by atoms with E-state index in [1.807, 2.05) is 0 Å². The van der Waals surface area contributed by atoms with Crippen LogP contribution in [0, 0.1) is 5.92 Å². The van der Waals surface area contributed by atoms with Crippen molar-refractivity contribution >= 4 is 11.9 Å². The van der Waals surface area contributed by atoms with Crippen molar-refractivity contribution in [1.82, 2.24) is 15.0 Å². The summed E-state index contributed by atoms with van der Waals surface area (Å²) in [7, 11) is 1.79. The van der Waals surface area contributed by atoms with Crippen LogP contribution in [-0.4, -0.2) is 54.9 Å². The van der Waals surface area contributed by atoms with E-state index in [1.54, 1.807) is 7.05 Å².